The van der Waals surface area contributed by atoms with E-state index in [4.69, 9.17) is 0 Å². The molecule has 2 unspecified atom stereocenters. The van der Waals surface area contributed by atoms with Crippen molar-refractivity contribution in [2.75, 3.05) is 44.8 Å². The number of halogens is 2. The van der Waals surface area contributed by atoms with Crippen molar-refractivity contribution in [3.05, 3.63) is 64.6 Å². The van der Waals surface area contributed by atoms with Crippen molar-refractivity contribution >= 4 is 22.6 Å². The third kappa shape index (κ3) is 5.50. The lowest BCUT2D eigenvalue weighted by molar-refractivity contribution is -0.142. The first-order valence-corrected chi connectivity index (χ1v) is 13.1. The second-order valence-corrected chi connectivity index (χ2v) is 10.3. The predicted molar refractivity (Wildman–Crippen MR) is 145 cm³/mol. The van der Waals surface area contributed by atoms with Gasteiger partial charge in [-0.15, -0.1) is 0 Å². The number of nitrogens with zero attached hydrogens (tertiary/aromatic N) is 2. The second kappa shape index (κ2) is 11.6. The number of carboxylic acids is 1. The van der Waals surface area contributed by atoms with E-state index in [0.717, 1.165) is 34.3 Å². The van der Waals surface area contributed by atoms with Gasteiger partial charge in [0, 0.05) is 60.6 Å². The van der Waals surface area contributed by atoms with Gasteiger partial charge >= 0.3 is 5.97 Å². The third-order valence-electron chi connectivity index (χ3n) is 7.65. The van der Waals surface area contributed by atoms with Crippen molar-refractivity contribution in [2.24, 2.45) is 5.92 Å². The number of hydrogen-bond donors (Lipinski definition) is 3. The molecule has 0 aliphatic carbocycles. The highest BCUT2D eigenvalue weighted by atomic mass is 19.1. The van der Waals surface area contributed by atoms with Crippen molar-refractivity contribution in [3.8, 4) is 0 Å². The van der Waals surface area contributed by atoms with Gasteiger partial charge in [-0.3, -0.25) is 14.1 Å². The molecule has 0 amide bonds. The molecular formula is C29H38F2N4O2. The molecule has 3 atom stereocenters. The lowest BCUT2D eigenvalue weighted by atomic mass is 9.85. The quantitative estimate of drug-likeness (QED) is 0.314. The zero-order valence-corrected chi connectivity index (χ0v) is 22.2. The zero-order valence-electron chi connectivity index (χ0n) is 22.2. The highest BCUT2D eigenvalue weighted by Gasteiger charge is 2.39. The monoisotopic (exact) mass is 512 g/mol. The Hall–Kier alpha value is -2.97. The van der Waals surface area contributed by atoms with Gasteiger partial charge in [0.05, 0.1) is 18.6 Å². The molecule has 1 aliphatic heterocycles. The molecule has 4 rings (SSSR count). The lowest BCUT2D eigenvalue weighted by Gasteiger charge is -2.42. The lowest BCUT2D eigenvalue weighted by Crippen LogP contribution is -2.46. The number of aromatic nitrogens is 1. The number of aromatic amines is 1. The summed E-state index contributed by atoms with van der Waals surface area (Å²) in [6.07, 6.45) is 1.24. The summed E-state index contributed by atoms with van der Waals surface area (Å²) in [5.74, 6) is -1.76. The van der Waals surface area contributed by atoms with Crippen LogP contribution in [0.15, 0.2) is 36.4 Å². The van der Waals surface area contributed by atoms with Crippen LogP contribution in [0.1, 0.15) is 48.7 Å². The summed E-state index contributed by atoms with van der Waals surface area (Å²) < 4.78 is 28.2. The number of carboxylic acid groups (broad SMARTS) is 1. The van der Waals surface area contributed by atoms with Crippen molar-refractivity contribution in [1.29, 1.82) is 0 Å². The third-order valence-corrected chi connectivity index (χ3v) is 7.65. The number of benzene rings is 2. The minimum absolute atomic E-state index is 0.0263. The molecular weight excluding hydrogens is 474 g/mol. The van der Waals surface area contributed by atoms with Gasteiger partial charge in [0.1, 0.15) is 5.82 Å². The minimum atomic E-state index is -0.862. The van der Waals surface area contributed by atoms with Crippen LogP contribution in [0.5, 0.6) is 0 Å². The van der Waals surface area contributed by atoms with Crippen LogP contribution in [0.2, 0.25) is 0 Å². The number of rotatable bonds is 11. The number of fused-ring (bicyclic) bond motifs is 3. The van der Waals surface area contributed by atoms with Crippen LogP contribution in [0.4, 0.5) is 14.5 Å². The summed E-state index contributed by atoms with van der Waals surface area (Å²) in [5, 5.41) is 14.1. The normalized spacial score (nSPS) is 18.6. The Morgan fingerprint density at radius 3 is 2.76 bits per heavy atom. The maximum absolute atomic E-state index is 15.8. The molecule has 200 valence electrons. The Morgan fingerprint density at radius 2 is 2.03 bits per heavy atom. The van der Waals surface area contributed by atoms with E-state index < -0.39 is 17.9 Å². The Bertz CT molecular complexity index is 1240. The van der Waals surface area contributed by atoms with Gasteiger partial charge in [0.2, 0.25) is 0 Å². The minimum Gasteiger partial charge on any atom is -0.481 e. The fraction of sp³-hybridized carbons (Fsp3) is 0.483. The van der Waals surface area contributed by atoms with E-state index in [1.165, 1.54) is 11.6 Å². The highest BCUT2D eigenvalue weighted by Crippen LogP contribution is 2.44. The molecule has 2 heterocycles. The average molecular weight is 513 g/mol. The number of hydrogen-bond acceptors (Lipinski definition) is 4. The molecule has 0 bridgehead atoms. The Labute approximate surface area is 217 Å². The SMILES string of the molecule is Cc1c(N(C)CCNCCCF)ccc(F)c1C1c2[nH]c3ccccc3c2C[C@@H](C)N1CC(C)C(=O)O. The van der Waals surface area contributed by atoms with Crippen molar-refractivity contribution in [1.82, 2.24) is 15.2 Å². The van der Waals surface area contributed by atoms with Crippen LogP contribution in [0.3, 0.4) is 0 Å². The molecule has 1 aliphatic rings. The summed E-state index contributed by atoms with van der Waals surface area (Å²) in [4.78, 5) is 19.6. The molecule has 1 aromatic heterocycles. The van der Waals surface area contributed by atoms with E-state index in [9.17, 15) is 14.3 Å². The van der Waals surface area contributed by atoms with Gasteiger partial charge in [-0.2, -0.15) is 0 Å². The first kappa shape index (κ1) is 27.1. The van der Waals surface area contributed by atoms with Crippen LogP contribution in [-0.2, 0) is 11.2 Å². The van der Waals surface area contributed by atoms with Crippen molar-refractivity contribution in [3.63, 3.8) is 0 Å². The molecule has 0 spiro atoms. The largest absolute Gasteiger partial charge is 0.481 e. The highest BCUT2D eigenvalue weighted by molar-refractivity contribution is 5.85. The van der Waals surface area contributed by atoms with Crippen LogP contribution < -0.4 is 10.2 Å². The summed E-state index contributed by atoms with van der Waals surface area (Å²) in [5.41, 5.74) is 5.44. The van der Waals surface area contributed by atoms with Crippen LogP contribution >= 0.6 is 0 Å². The zero-order chi connectivity index (χ0) is 26.7. The van der Waals surface area contributed by atoms with Crippen molar-refractivity contribution < 1.29 is 18.7 Å². The molecule has 2 aromatic carbocycles. The maximum atomic E-state index is 15.8. The summed E-state index contributed by atoms with van der Waals surface area (Å²) in [6, 6.07) is 11.0. The van der Waals surface area contributed by atoms with Gasteiger partial charge < -0.3 is 20.3 Å². The number of carbonyl (C=O) groups is 1. The van der Waals surface area contributed by atoms with Gasteiger partial charge in [-0.1, -0.05) is 25.1 Å². The number of likely N-dealkylation sites (N-methyl/N-ethyl adjacent to an activating group) is 1. The topological polar surface area (TPSA) is 71.6 Å². The fourth-order valence-electron chi connectivity index (χ4n) is 5.61. The summed E-state index contributed by atoms with van der Waals surface area (Å²) >= 11 is 0. The molecule has 8 heteroatoms. The smallest absolute Gasteiger partial charge is 0.307 e. The predicted octanol–water partition coefficient (Wildman–Crippen LogP) is 5.06. The van der Waals surface area contributed by atoms with Crippen LogP contribution in [0.25, 0.3) is 10.9 Å². The molecule has 3 N–H and O–H groups in total. The van der Waals surface area contributed by atoms with Gasteiger partial charge in [0.25, 0.3) is 0 Å². The number of H-pyrrole nitrogens is 1. The van der Waals surface area contributed by atoms with Gasteiger partial charge in [-0.05, 0) is 62.6 Å². The van der Waals surface area contributed by atoms with E-state index in [-0.39, 0.29) is 18.5 Å². The molecule has 3 aromatic rings. The summed E-state index contributed by atoms with van der Waals surface area (Å²) in [6.45, 7) is 7.73. The first-order chi connectivity index (χ1) is 17.7. The fourth-order valence-corrected chi connectivity index (χ4v) is 5.61. The molecule has 0 radical (unpaired) electrons. The first-order valence-electron chi connectivity index (χ1n) is 13.1. The van der Waals surface area contributed by atoms with Crippen LogP contribution in [-0.4, -0.2) is 66.9 Å². The number of nitrogens with one attached hydrogen (secondary N) is 2. The second-order valence-electron chi connectivity index (χ2n) is 10.3. The summed E-state index contributed by atoms with van der Waals surface area (Å²) in [7, 11) is 1.98. The molecule has 6 nitrogen and oxygen atoms in total. The molecule has 0 saturated carbocycles. The van der Waals surface area contributed by atoms with E-state index in [0.29, 0.717) is 38.2 Å². The Kier molecular flexibility index (Phi) is 8.49. The van der Waals surface area contributed by atoms with Crippen LogP contribution in [0, 0.1) is 18.7 Å². The van der Waals surface area contributed by atoms with E-state index in [1.807, 2.05) is 32.2 Å². The molecule has 37 heavy (non-hydrogen) atoms. The van der Waals surface area contributed by atoms with E-state index in [1.54, 1.807) is 13.0 Å². The Morgan fingerprint density at radius 1 is 1.27 bits per heavy atom. The van der Waals surface area contributed by atoms with Gasteiger partial charge in [-0.25, -0.2) is 4.39 Å². The number of alkyl halides is 1. The number of para-hydroxylation sites is 1. The number of anilines is 1. The standard InChI is InChI=1S/C29H38F2N4O2/c1-18(29(36)37)17-35-19(2)16-22-21-8-5-6-9-24(21)33-27(22)28(35)26-20(3)25(11-10-23(26)31)34(4)15-14-32-13-7-12-30/h5-6,8-11,18-19,28,32-33H,7,12-17H2,1-4H3,(H,36,37)/t18?,19-,28?/m1/s1. The van der Waals surface area contributed by atoms with Crippen molar-refractivity contribution in [2.45, 2.75) is 45.7 Å². The maximum Gasteiger partial charge on any atom is 0.307 e. The van der Waals surface area contributed by atoms with E-state index in [2.05, 4.69) is 33.1 Å². The molecule has 0 fully saturated rings. The average Bonchev–Trinajstić information content (AvgIpc) is 3.23. The number of aliphatic carboxylic acids is 1. The Balaban J connectivity index is 1.78. The van der Waals surface area contributed by atoms with E-state index >= 15 is 4.39 Å². The van der Waals surface area contributed by atoms with Gasteiger partial charge in [0.15, 0.2) is 0 Å². The molecule has 0 saturated heterocycles.